The van der Waals surface area contributed by atoms with Crippen LogP contribution in [0.1, 0.15) is 0 Å². The standard InChI is InChI=1S/C10H7N3SSe/c14-10-7-3-1-2-4-8(7)15-13(10)9-5-6-11-12-9/h1-6H,(H,11,12). The van der Waals surface area contributed by atoms with Crippen molar-refractivity contribution in [2.24, 2.45) is 0 Å². The third-order valence-corrected chi connectivity index (χ3v) is 5.17. The summed E-state index contributed by atoms with van der Waals surface area (Å²) in [6.45, 7) is 0. The van der Waals surface area contributed by atoms with Gasteiger partial charge in [0.05, 0.1) is 0 Å². The summed E-state index contributed by atoms with van der Waals surface area (Å²) in [5, 5.41) is 8.15. The molecule has 2 heterocycles. The van der Waals surface area contributed by atoms with Crippen LogP contribution in [0, 0.1) is 4.64 Å². The molecule has 3 aromatic rings. The summed E-state index contributed by atoms with van der Waals surface area (Å²) < 4.78 is 4.32. The van der Waals surface area contributed by atoms with Crippen molar-refractivity contribution in [3.05, 3.63) is 41.2 Å². The van der Waals surface area contributed by atoms with Crippen molar-refractivity contribution in [1.29, 1.82) is 0 Å². The van der Waals surface area contributed by atoms with Crippen LogP contribution in [0.25, 0.3) is 15.5 Å². The number of benzene rings is 1. The molecule has 0 unspecified atom stereocenters. The Morgan fingerprint density at radius 1 is 1.27 bits per heavy atom. The second-order valence-electron chi connectivity index (χ2n) is 3.12. The molecule has 0 atom stereocenters. The van der Waals surface area contributed by atoms with E-state index in [0.29, 0.717) is 0 Å². The minimum atomic E-state index is 0.225. The van der Waals surface area contributed by atoms with Gasteiger partial charge in [0.15, 0.2) is 0 Å². The Balaban J connectivity index is 2.38. The summed E-state index contributed by atoms with van der Waals surface area (Å²) >= 11 is 5.66. The van der Waals surface area contributed by atoms with Crippen molar-refractivity contribution in [3.8, 4) is 5.82 Å². The molecular weight excluding hydrogens is 273 g/mol. The average molecular weight is 280 g/mol. The molecule has 0 saturated heterocycles. The third kappa shape index (κ3) is 1.40. The van der Waals surface area contributed by atoms with E-state index >= 15 is 0 Å². The second-order valence-corrected chi connectivity index (χ2v) is 5.58. The Kier molecular flexibility index (Phi) is 2.09. The fourth-order valence-electron chi connectivity index (χ4n) is 1.49. The number of aromatic amines is 1. The van der Waals surface area contributed by atoms with Gasteiger partial charge in [-0.25, -0.2) is 0 Å². The number of nitrogens with one attached hydrogen (secondary N) is 1. The molecule has 1 aromatic carbocycles. The van der Waals surface area contributed by atoms with Crippen LogP contribution in [0.2, 0.25) is 0 Å². The first-order chi connectivity index (χ1) is 7.36. The van der Waals surface area contributed by atoms with Gasteiger partial charge in [-0.3, -0.25) is 0 Å². The van der Waals surface area contributed by atoms with Gasteiger partial charge in [-0.05, 0) is 0 Å². The zero-order valence-electron chi connectivity index (χ0n) is 7.68. The van der Waals surface area contributed by atoms with Crippen LogP contribution < -0.4 is 0 Å². The molecule has 3 nitrogen and oxygen atoms in total. The number of fused-ring (bicyclic) bond motifs is 1. The molecular formula is C10H7N3SSe. The fraction of sp³-hybridized carbons (Fsp3) is 0. The number of rotatable bonds is 1. The van der Waals surface area contributed by atoms with Crippen molar-refractivity contribution in [3.63, 3.8) is 0 Å². The van der Waals surface area contributed by atoms with E-state index in [0.717, 1.165) is 10.5 Å². The number of hydrogen-bond acceptors (Lipinski definition) is 2. The summed E-state index contributed by atoms with van der Waals surface area (Å²) in [7, 11) is 0. The predicted octanol–water partition coefficient (Wildman–Crippen LogP) is 2.14. The monoisotopic (exact) mass is 281 g/mol. The van der Waals surface area contributed by atoms with E-state index in [2.05, 4.69) is 32.0 Å². The molecule has 0 aliphatic carbocycles. The summed E-state index contributed by atoms with van der Waals surface area (Å²) in [5.41, 5.74) is 0. The zero-order valence-corrected chi connectivity index (χ0v) is 10.2. The molecule has 5 heteroatoms. The quantitative estimate of drug-likeness (QED) is 0.547. The van der Waals surface area contributed by atoms with Crippen LogP contribution >= 0.6 is 12.2 Å². The van der Waals surface area contributed by atoms with E-state index in [1.54, 1.807) is 0 Å². The summed E-state index contributed by atoms with van der Waals surface area (Å²) in [4.78, 5) is 0. The topological polar surface area (TPSA) is 33.6 Å². The van der Waals surface area contributed by atoms with Crippen LogP contribution in [0.4, 0.5) is 0 Å². The van der Waals surface area contributed by atoms with Gasteiger partial charge in [-0.15, -0.1) is 0 Å². The first kappa shape index (κ1) is 9.09. The summed E-state index contributed by atoms with van der Waals surface area (Å²) in [5.74, 6) is 0.913. The van der Waals surface area contributed by atoms with Gasteiger partial charge in [-0.2, -0.15) is 0 Å². The second kappa shape index (κ2) is 3.45. The van der Waals surface area contributed by atoms with E-state index in [1.165, 1.54) is 9.65 Å². The zero-order chi connectivity index (χ0) is 10.3. The van der Waals surface area contributed by atoms with E-state index in [9.17, 15) is 0 Å². The molecule has 3 rings (SSSR count). The molecule has 0 bridgehead atoms. The van der Waals surface area contributed by atoms with Gasteiger partial charge in [0, 0.05) is 0 Å². The Bertz CT molecular complexity index is 651. The maximum atomic E-state index is 5.43. The first-order valence-corrected chi connectivity index (χ1v) is 6.50. The Morgan fingerprint density at radius 3 is 2.87 bits per heavy atom. The molecule has 1 N–H and O–H groups in total. The van der Waals surface area contributed by atoms with Crippen LogP contribution in [0.3, 0.4) is 0 Å². The van der Waals surface area contributed by atoms with Gasteiger partial charge in [0.2, 0.25) is 0 Å². The van der Waals surface area contributed by atoms with Crippen LogP contribution in [0.15, 0.2) is 36.5 Å². The Hall–Kier alpha value is -1.16. The van der Waals surface area contributed by atoms with Crippen molar-refractivity contribution < 1.29 is 0 Å². The van der Waals surface area contributed by atoms with E-state index < -0.39 is 0 Å². The van der Waals surface area contributed by atoms with Crippen molar-refractivity contribution in [2.45, 2.75) is 0 Å². The summed E-state index contributed by atoms with van der Waals surface area (Å²) in [6.07, 6.45) is 1.82. The number of nitrogens with zero attached hydrogens (tertiary/aromatic N) is 2. The van der Waals surface area contributed by atoms with E-state index in [-0.39, 0.29) is 14.7 Å². The SMILES string of the molecule is S=c1c2ccccc2[se]n1-c1cc[nH]n1. The molecule has 0 aliphatic heterocycles. The normalized spacial score (nSPS) is 10.9. The third-order valence-electron chi connectivity index (χ3n) is 2.19. The number of hydrogen-bond donors (Lipinski definition) is 1. The molecule has 2 aromatic heterocycles. The molecule has 0 saturated carbocycles. The molecule has 74 valence electrons. The molecule has 0 radical (unpaired) electrons. The van der Waals surface area contributed by atoms with Gasteiger partial charge in [0.25, 0.3) is 0 Å². The average Bonchev–Trinajstić information content (AvgIpc) is 2.87. The molecule has 0 aliphatic rings. The van der Waals surface area contributed by atoms with E-state index in [1.807, 2.05) is 18.3 Å². The van der Waals surface area contributed by atoms with Crippen molar-refractivity contribution >= 4 is 36.6 Å². The van der Waals surface area contributed by atoms with Gasteiger partial charge in [-0.1, -0.05) is 0 Å². The predicted molar refractivity (Wildman–Crippen MR) is 63.2 cm³/mol. The van der Waals surface area contributed by atoms with Crippen LogP contribution in [-0.2, 0) is 0 Å². The molecule has 15 heavy (non-hydrogen) atoms. The Labute approximate surface area is 97.3 Å². The molecule has 0 spiro atoms. The maximum absolute atomic E-state index is 5.43. The molecule has 0 fully saturated rings. The first-order valence-electron chi connectivity index (χ1n) is 4.47. The van der Waals surface area contributed by atoms with E-state index in [4.69, 9.17) is 12.2 Å². The Morgan fingerprint density at radius 2 is 2.13 bits per heavy atom. The van der Waals surface area contributed by atoms with Gasteiger partial charge >= 0.3 is 97.3 Å². The van der Waals surface area contributed by atoms with Gasteiger partial charge < -0.3 is 0 Å². The fourth-order valence-corrected chi connectivity index (χ4v) is 4.15. The van der Waals surface area contributed by atoms with Crippen LogP contribution in [0.5, 0.6) is 0 Å². The van der Waals surface area contributed by atoms with Gasteiger partial charge in [0.1, 0.15) is 0 Å². The summed E-state index contributed by atoms with van der Waals surface area (Å²) in [6, 6.07) is 10.2. The van der Waals surface area contributed by atoms with Crippen molar-refractivity contribution in [1.82, 2.24) is 13.8 Å². The number of aromatic nitrogens is 3. The molecule has 0 amide bonds. The minimum absolute atomic E-state index is 0.225. The van der Waals surface area contributed by atoms with Crippen molar-refractivity contribution in [2.75, 3.05) is 0 Å². The van der Waals surface area contributed by atoms with Crippen LogP contribution in [-0.4, -0.2) is 28.5 Å². The number of H-pyrrole nitrogens is 1.